The van der Waals surface area contributed by atoms with Crippen LogP contribution in [0, 0.1) is 11.8 Å². The Bertz CT molecular complexity index is 1280. The van der Waals surface area contributed by atoms with Gasteiger partial charge in [0.1, 0.15) is 5.75 Å². The van der Waals surface area contributed by atoms with Gasteiger partial charge in [-0.15, -0.1) is 0 Å². The van der Waals surface area contributed by atoms with Crippen molar-refractivity contribution in [1.82, 2.24) is 20.3 Å². The number of aromatic nitrogens is 1. The number of piperidine rings is 1. The molecule has 3 aliphatic heterocycles. The molecule has 2 aromatic carbocycles. The molecule has 0 unspecified atom stereocenters. The Morgan fingerprint density at radius 3 is 2.45 bits per heavy atom. The Balaban J connectivity index is 0.976. The molecule has 3 aliphatic rings. The van der Waals surface area contributed by atoms with Crippen molar-refractivity contribution >= 4 is 17.3 Å². The number of hydrogen-bond acceptors (Lipinski definition) is 8. The molecule has 3 aromatic rings. The SMILES string of the molecule is COc1ccccc1N1CCN(C(=O)C[C@@H]2CCNC[C@@H]2Cc2cc(CN3CCN(c4ccccc4)CC3)on2)CC1. The summed E-state index contributed by atoms with van der Waals surface area (Å²) in [7, 11) is 1.71. The lowest BCUT2D eigenvalue weighted by Gasteiger charge is -2.38. The topological polar surface area (TPSA) is 77.3 Å². The molecule has 3 saturated heterocycles. The highest BCUT2D eigenvalue weighted by molar-refractivity contribution is 5.77. The van der Waals surface area contributed by atoms with Crippen LogP contribution in [0.2, 0.25) is 0 Å². The summed E-state index contributed by atoms with van der Waals surface area (Å²) in [5, 5.41) is 7.99. The Labute approximate surface area is 249 Å². The first-order chi connectivity index (χ1) is 20.7. The van der Waals surface area contributed by atoms with Crippen LogP contribution in [0.3, 0.4) is 0 Å². The van der Waals surface area contributed by atoms with Crippen molar-refractivity contribution in [2.24, 2.45) is 11.8 Å². The van der Waals surface area contributed by atoms with Gasteiger partial charge in [-0.2, -0.15) is 0 Å². The van der Waals surface area contributed by atoms with E-state index in [1.54, 1.807) is 7.11 Å². The standard InChI is InChI=1S/C33H44N6O3/c1-41-32-10-6-5-9-31(32)38-17-19-39(20-18-38)33(40)22-26-11-12-34-24-27(26)21-28-23-30(42-35-28)25-36-13-15-37(16-14-36)29-7-3-2-4-8-29/h2-10,23,26-27,34H,11-22,24-25H2,1H3/t26-,27-/m0/s1. The number of ether oxygens (including phenoxy) is 1. The quantitative estimate of drug-likeness (QED) is 0.418. The molecule has 0 saturated carbocycles. The van der Waals surface area contributed by atoms with Gasteiger partial charge >= 0.3 is 0 Å². The van der Waals surface area contributed by atoms with Gasteiger partial charge in [0.15, 0.2) is 5.76 Å². The number of benzene rings is 2. The van der Waals surface area contributed by atoms with Crippen LogP contribution in [0.25, 0.3) is 0 Å². The maximum Gasteiger partial charge on any atom is 0.222 e. The van der Waals surface area contributed by atoms with Gasteiger partial charge in [0.2, 0.25) is 5.91 Å². The Morgan fingerprint density at radius 2 is 1.67 bits per heavy atom. The molecule has 0 bridgehead atoms. The second kappa shape index (κ2) is 13.6. The van der Waals surface area contributed by atoms with Crippen molar-refractivity contribution in [3.63, 3.8) is 0 Å². The molecule has 224 valence electrons. The van der Waals surface area contributed by atoms with Gasteiger partial charge in [0.05, 0.1) is 25.0 Å². The monoisotopic (exact) mass is 572 g/mol. The zero-order valence-electron chi connectivity index (χ0n) is 24.8. The van der Waals surface area contributed by atoms with E-state index in [1.165, 1.54) is 5.69 Å². The van der Waals surface area contributed by atoms with Crippen LogP contribution in [-0.2, 0) is 17.8 Å². The van der Waals surface area contributed by atoms with Crippen molar-refractivity contribution in [2.45, 2.75) is 25.8 Å². The molecule has 3 fully saturated rings. The van der Waals surface area contributed by atoms with E-state index in [2.05, 4.69) is 72.5 Å². The summed E-state index contributed by atoms with van der Waals surface area (Å²) in [4.78, 5) is 22.7. The van der Waals surface area contributed by atoms with Crippen molar-refractivity contribution in [3.8, 4) is 5.75 Å². The van der Waals surface area contributed by atoms with Crippen LogP contribution in [0.5, 0.6) is 5.75 Å². The van der Waals surface area contributed by atoms with E-state index in [4.69, 9.17) is 9.26 Å². The molecule has 9 nitrogen and oxygen atoms in total. The van der Waals surface area contributed by atoms with Gasteiger partial charge in [-0.25, -0.2) is 0 Å². The third kappa shape index (κ3) is 6.90. The first kappa shape index (κ1) is 28.6. The number of carbonyl (C=O) groups excluding carboxylic acids is 1. The molecule has 2 atom stereocenters. The summed E-state index contributed by atoms with van der Waals surface area (Å²) in [6, 6.07) is 20.9. The fourth-order valence-electron chi connectivity index (χ4n) is 6.74. The summed E-state index contributed by atoms with van der Waals surface area (Å²) >= 11 is 0. The van der Waals surface area contributed by atoms with Crippen LogP contribution in [0.15, 0.2) is 65.2 Å². The van der Waals surface area contributed by atoms with E-state index in [9.17, 15) is 4.79 Å². The number of methoxy groups -OCH3 is 1. The van der Waals surface area contributed by atoms with Gasteiger partial charge in [-0.05, 0) is 62.0 Å². The van der Waals surface area contributed by atoms with E-state index >= 15 is 0 Å². The minimum atomic E-state index is 0.280. The number of rotatable bonds is 9. The normalized spacial score (nSPS) is 21.9. The average molecular weight is 573 g/mol. The number of anilines is 2. The van der Waals surface area contributed by atoms with Crippen LogP contribution in [-0.4, -0.2) is 93.4 Å². The zero-order chi connectivity index (χ0) is 28.7. The zero-order valence-corrected chi connectivity index (χ0v) is 24.8. The Kier molecular flexibility index (Phi) is 9.25. The minimum Gasteiger partial charge on any atom is -0.495 e. The molecule has 1 aromatic heterocycles. The predicted octanol–water partition coefficient (Wildman–Crippen LogP) is 3.51. The maximum atomic E-state index is 13.4. The molecule has 0 radical (unpaired) electrons. The second-order valence-corrected chi connectivity index (χ2v) is 11.8. The number of amides is 1. The van der Waals surface area contributed by atoms with E-state index in [0.717, 1.165) is 108 Å². The highest BCUT2D eigenvalue weighted by Gasteiger charge is 2.31. The molecular weight excluding hydrogens is 528 g/mol. The van der Waals surface area contributed by atoms with Gasteiger partial charge < -0.3 is 29.3 Å². The lowest BCUT2D eigenvalue weighted by molar-refractivity contribution is -0.133. The van der Waals surface area contributed by atoms with E-state index in [-0.39, 0.29) is 5.91 Å². The van der Waals surface area contributed by atoms with Crippen molar-refractivity contribution in [1.29, 1.82) is 0 Å². The molecule has 42 heavy (non-hydrogen) atoms. The molecular formula is C33H44N6O3. The summed E-state index contributed by atoms with van der Waals surface area (Å²) in [6.07, 6.45) is 2.48. The molecule has 4 heterocycles. The van der Waals surface area contributed by atoms with Crippen molar-refractivity contribution in [2.75, 3.05) is 82.4 Å². The van der Waals surface area contributed by atoms with Crippen molar-refractivity contribution < 1.29 is 14.1 Å². The number of nitrogens with one attached hydrogen (secondary N) is 1. The number of nitrogens with zero attached hydrogens (tertiary/aromatic N) is 5. The Morgan fingerprint density at radius 1 is 0.929 bits per heavy atom. The number of piperazine rings is 2. The lowest BCUT2D eigenvalue weighted by Crippen LogP contribution is -2.50. The highest BCUT2D eigenvalue weighted by Crippen LogP contribution is 2.30. The summed E-state index contributed by atoms with van der Waals surface area (Å²) < 4.78 is 11.3. The van der Waals surface area contributed by atoms with Gasteiger partial charge in [0, 0.05) is 70.5 Å². The molecule has 0 aliphatic carbocycles. The van der Waals surface area contributed by atoms with Gasteiger partial charge in [0.25, 0.3) is 0 Å². The third-order valence-corrected chi connectivity index (χ3v) is 9.21. The lowest BCUT2D eigenvalue weighted by atomic mass is 9.81. The first-order valence-electron chi connectivity index (χ1n) is 15.5. The van der Waals surface area contributed by atoms with Crippen LogP contribution < -0.4 is 19.9 Å². The van der Waals surface area contributed by atoms with Gasteiger partial charge in [-0.1, -0.05) is 35.5 Å². The average Bonchev–Trinajstić information content (AvgIpc) is 3.49. The molecule has 6 rings (SSSR count). The summed E-state index contributed by atoms with van der Waals surface area (Å²) in [5.74, 6) is 2.84. The van der Waals surface area contributed by atoms with E-state index < -0.39 is 0 Å². The third-order valence-electron chi connectivity index (χ3n) is 9.21. The van der Waals surface area contributed by atoms with Crippen LogP contribution in [0.4, 0.5) is 11.4 Å². The highest BCUT2D eigenvalue weighted by atomic mass is 16.5. The first-order valence-corrected chi connectivity index (χ1v) is 15.5. The molecule has 0 spiro atoms. The predicted molar refractivity (Wildman–Crippen MR) is 165 cm³/mol. The molecule has 9 heteroatoms. The fraction of sp³-hybridized carbons (Fsp3) is 0.515. The number of para-hydroxylation sites is 3. The summed E-state index contributed by atoms with van der Waals surface area (Å²) in [6.45, 7) is 9.88. The van der Waals surface area contributed by atoms with Gasteiger partial charge in [-0.3, -0.25) is 9.69 Å². The maximum absolute atomic E-state index is 13.4. The minimum absolute atomic E-state index is 0.280. The van der Waals surface area contributed by atoms with E-state index in [1.807, 2.05) is 18.2 Å². The van der Waals surface area contributed by atoms with E-state index in [0.29, 0.717) is 18.3 Å². The smallest absolute Gasteiger partial charge is 0.222 e. The van der Waals surface area contributed by atoms with Crippen molar-refractivity contribution in [3.05, 3.63) is 72.1 Å². The van der Waals surface area contributed by atoms with Crippen LogP contribution >= 0.6 is 0 Å². The van der Waals surface area contributed by atoms with Crippen LogP contribution in [0.1, 0.15) is 24.3 Å². The summed E-state index contributed by atoms with van der Waals surface area (Å²) in [5.41, 5.74) is 3.40. The Hall–Kier alpha value is -3.56. The fourth-order valence-corrected chi connectivity index (χ4v) is 6.74. The molecule has 1 amide bonds. The second-order valence-electron chi connectivity index (χ2n) is 11.8. The number of hydrogen-bond donors (Lipinski definition) is 1. The largest absolute Gasteiger partial charge is 0.495 e. The number of carbonyl (C=O) groups is 1. The molecule has 1 N–H and O–H groups in total.